The Bertz CT molecular complexity index is 1080. The van der Waals surface area contributed by atoms with Crippen LogP contribution in [-0.4, -0.2) is 33.5 Å². The number of hydrogen-bond donors (Lipinski definition) is 3. The predicted octanol–water partition coefficient (Wildman–Crippen LogP) is 3.14. The fraction of sp³-hybridized carbons (Fsp3) is 0.538. The molecule has 1 heterocycles. The number of anilines is 1. The van der Waals surface area contributed by atoms with E-state index in [4.69, 9.17) is 5.73 Å². The van der Waals surface area contributed by atoms with Gasteiger partial charge < -0.3 is 16.4 Å². The molecule has 8 heteroatoms. The molecule has 0 radical (unpaired) electrons. The highest BCUT2D eigenvalue weighted by Crippen LogP contribution is 2.58. The standard InChI is InChI=1S/C26H35N5O3/c1-25(2,24(27)34)17-8-10-18(11-9-17)29-23(33)21(30-22(32)19-12-15-28-31(19)4)20(16-6-5-7-16)26(3)13-14-26/h8-12,15-16,20-21H,5-7,13-14H2,1-4H3,(H2,27,34)(H,29,33)(H,30,32)/t20?,21-/m0/s1. The highest BCUT2D eigenvalue weighted by atomic mass is 16.2. The number of nitrogens with one attached hydrogen (secondary N) is 2. The number of benzene rings is 1. The Balaban J connectivity index is 1.58. The van der Waals surface area contributed by atoms with Crippen molar-refractivity contribution in [3.63, 3.8) is 0 Å². The van der Waals surface area contributed by atoms with Gasteiger partial charge in [-0.3, -0.25) is 19.1 Å². The first-order valence-electron chi connectivity index (χ1n) is 12.0. The Kier molecular flexibility index (Phi) is 6.27. The lowest BCUT2D eigenvalue weighted by atomic mass is 9.66. The molecule has 8 nitrogen and oxygen atoms in total. The van der Waals surface area contributed by atoms with Crippen LogP contribution in [0.3, 0.4) is 0 Å². The van der Waals surface area contributed by atoms with Crippen molar-refractivity contribution in [2.24, 2.45) is 30.0 Å². The van der Waals surface area contributed by atoms with Crippen molar-refractivity contribution in [2.45, 2.75) is 64.3 Å². The molecule has 2 aliphatic rings. The van der Waals surface area contributed by atoms with Gasteiger partial charge in [0.25, 0.3) is 5.91 Å². The number of hydrogen-bond acceptors (Lipinski definition) is 4. The number of primary amides is 1. The average Bonchev–Trinajstić information content (AvgIpc) is 3.34. The Morgan fingerprint density at radius 1 is 1.15 bits per heavy atom. The van der Waals surface area contributed by atoms with E-state index < -0.39 is 17.4 Å². The summed E-state index contributed by atoms with van der Waals surface area (Å²) in [5, 5.41) is 10.1. The maximum absolute atomic E-state index is 13.6. The van der Waals surface area contributed by atoms with Gasteiger partial charge in [0.15, 0.2) is 0 Å². The smallest absolute Gasteiger partial charge is 0.270 e. The second-order valence-electron chi connectivity index (χ2n) is 10.7. The summed E-state index contributed by atoms with van der Waals surface area (Å²) in [4.78, 5) is 38.5. The van der Waals surface area contributed by atoms with Crippen LogP contribution in [0.5, 0.6) is 0 Å². The lowest BCUT2D eigenvalue weighted by Crippen LogP contribution is -2.54. The molecular formula is C26H35N5O3. The molecular weight excluding hydrogens is 430 g/mol. The van der Waals surface area contributed by atoms with Crippen molar-refractivity contribution < 1.29 is 14.4 Å². The minimum atomic E-state index is -0.808. The normalized spacial score (nSPS) is 18.9. The summed E-state index contributed by atoms with van der Waals surface area (Å²) in [6.07, 6.45) is 7.04. The van der Waals surface area contributed by atoms with E-state index in [1.807, 2.05) is 0 Å². The second kappa shape index (κ2) is 8.89. The molecule has 0 aliphatic heterocycles. The fourth-order valence-corrected chi connectivity index (χ4v) is 5.04. The second-order valence-corrected chi connectivity index (χ2v) is 10.7. The van der Waals surface area contributed by atoms with Crippen molar-refractivity contribution in [1.29, 1.82) is 0 Å². The largest absolute Gasteiger partial charge is 0.369 e. The van der Waals surface area contributed by atoms with Gasteiger partial charge in [-0.25, -0.2) is 0 Å². The van der Waals surface area contributed by atoms with E-state index in [9.17, 15) is 14.4 Å². The zero-order valence-electron chi connectivity index (χ0n) is 20.4. The van der Waals surface area contributed by atoms with E-state index in [0.717, 1.165) is 31.2 Å². The number of nitrogens with two attached hydrogens (primary N) is 1. The van der Waals surface area contributed by atoms with Gasteiger partial charge in [-0.05, 0) is 67.7 Å². The van der Waals surface area contributed by atoms with E-state index in [-0.39, 0.29) is 23.1 Å². The number of rotatable bonds is 9. The van der Waals surface area contributed by atoms with Gasteiger partial charge in [0.05, 0.1) is 5.41 Å². The third-order valence-electron chi connectivity index (χ3n) is 7.97. The number of carbonyl (C=O) groups excluding carboxylic acids is 3. The maximum Gasteiger partial charge on any atom is 0.270 e. The topological polar surface area (TPSA) is 119 Å². The van der Waals surface area contributed by atoms with Gasteiger partial charge in [0.2, 0.25) is 11.8 Å². The van der Waals surface area contributed by atoms with Crippen LogP contribution in [0.4, 0.5) is 5.69 Å². The lowest BCUT2D eigenvalue weighted by molar-refractivity contribution is -0.122. The van der Waals surface area contributed by atoms with Crippen LogP contribution in [0.2, 0.25) is 0 Å². The summed E-state index contributed by atoms with van der Waals surface area (Å²) >= 11 is 0. The first-order valence-corrected chi connectivity index (χ1v) is 12.0. The minimum absolute atomic E-state index is 0.0577. The number of amides is 3. The van der Waals surface area contributed by atoms with E-state index in [0.29, 0.717) is 17.3 Å². The summed E-state index contributed by atoms with van der Waals surface area (Å²) in [6.45, 7) is 5.77. The quantitative estimate of drug-likeness (QED) is 0.527. The molecule has 1 unspecified atom stereocenters. The van der Waals surface area contributed by atoms with E-state index in [1.165, 1.54) is 11.1 Å². The van der Waals surface area contributed by atoms with Crippen LogP contribution >= 0.6 is 0 Å². The Hall–Kier alpha value is -3.16. The zero-order valence-corrected chi connectivity index (χ0v) is 20.4. The van der Waals surface area contributed by atoms with Gasteiger partial charge in [0.1, 0.15) is 11.7 Å². The molecule has 3 amide bonds. The fourth-order valence-electron chi connectivity index (χ4n) is 5.04. The Labute approximate surface area is 200 Å². The van der Waals surface area contributed by atoms with Crippen LogP contribution < -0.4 is 16.4 Å². The third-order valence-corrected chi connectivity index (χ3v) is 7.97. The van der Waals surface area contributed by atoms with E-state index in [1.54, 1.807) is 57.4 Å². The summed E-state index contributed by atoms with van der Waals surface area (Å²) < 4.78 is 1.51. The molecule has 2 fully saturated rings. The van der Waals surface area contributed by atoms with Crippen LogP contribution in [-0.2, 0) is 22.1 Å². The zero-order chi connectivity index (χ0) is 24.7. The highest BCUT2D eigenvalue weighted by Gasteiger charge is 2.54. The number of carbonyl (C=O) groups is 3. The van der Waals surface area contributed by atoms with Gasteiger partial charge in [-0.15, -0.1) is 0 Å². The number of nitrogens with zero attached hydrogens (tertiary/aromatic N) is 2. The summed E-state index contributed by atoms with van der Waals surface area (Å²) in [5.74, 6) is -0.432. The summed E-state index contributed by atoms with van der Waals surface area (Å²) in [7, 11) is 1.71. The van der Waals surface area contributed by atoms with E-state index >= 15 is 0 Å². The van der Waals surface area contributed by atoms with Crippen molar-refractivity contribution in [2.75, 3.05) is 5.32 Å². The molecule has 1 aromatic carbocycles. The van der Waals surface area contributed by atoms with Crippen LogP contribution in [0.1, 0.15) is 68.9 Å². The Morgan fingerprint density at radius 2 is 1.79 bits per heavy atom. The monoisotopic (exact) mass is 465 g/mol. The molecule has 2 aliphatic carbocycles. The number of aryl methyl sites for hydroxylation is 1. The highest BCUT2D eigenvalue weighted by molar-refractivity contribution is 6.01. The lowest BCUT2D eigenvalue weighted by Gasteiger charge is -2.42. The molecule has 2 aromatic rings. The first-order chi connectivity index (χ1) is 16.0. The van der Waals surface area contributed by atoms with Gasteiger partial charge in [-0.2, -0.15) is 5.10 Å². The summed E-state index contributed by atoms with van der Waals surface area (Å²) in [6, 6.07) is 8.15. The summed E-state index contributed by atoms with van der Waals surface area (Å²) in [5.41, 5.74) is 6.59. The SMILES string of the molecule is Cn1nccc1C(=O)N[C@H](C(=O)Nc1ccc(C(C)(C)C(N)=O)cc1)C(C1CCC1)C1(C)CC1. The van der Waals surface area contributed by atoms with Crippen LogP contribution in [0, 0.1) is 17.3 Å². The predicted molar refractivity (Wildman–Crippen MR) is 130 cm³/mol. The van der Waals surface area contributed by atoms with Crippen LogP contribution in [0.15, 0.2) is 36.5 Å². The van der Waals surface area contributed by atoms with E-state index in [2.05, 4.69) is 22.7 Å². The molecule has 182 valence electrons. The van der Waals surface area contributed by atoms with Gasteiger partial charge >= 0.3 is 0 Å². The minimum Gasteiger partial charge on any atom is -0.369 e. The van der Waals surface area contributed by atoms with Gasteiger partial charge in [0, 0.05) is 18.9 Å². The van der Waals surface area contributed by atoms with Crippen molar-refractivity contribution in [1.82, 2.24) is 15.1 Å². The van der Waals surface area contributed by atoms with Crippen molar-refractivity contribution in [3.8, 4) is 0 Å². The molecule has 0 spiro atoms. The molecule has 2 atom stereocenters. The molecule has 2 saturated carbocycles. The van der Waals surface area contributed by atoms with Crippen LogP contribution in [0.25, 0.3) is 0 Å². The molecule has 4 rings (SSSR count). The van der Waals surface area contributed by atoms with Crippen molar-refractivity contribution in [3.05, 3.63) is 47.8 Å². The Morgan fingerprint density at radius 3 is 2.26 bits per heavy atom. The molecule has 4 N–H and O–H groups in total. The third kappa shape index (κ3) is 4.58. The number of aromatic nitrogens is 2. The first kappa shape index (κ1) is 24.0. The average molecular weight is 466 g/mol. The molecule has 1 aromatic heterocycles. The molecule has 0 bridgehead atoms. The van der Waals surface area contributed by atoms with Gasteiger partial charge in [-0.1, -0.05) is 38.3 Å². The molecule has 0 saturated heterocycles. The maximum atomic E-state index is 13.6. The molecule has 34 heavy (non-hydrogen) atoms. The van der Waals surface area contributed by atoms with Crippen molar-refractivity contribution >= 4 is 23.4 Å².